The molecule has 0 radical (unpaired) electrons. The van der Waals surface area contributed by atoms with Gasteiger partial charge in [0.15, 0.2) is 0 Å². The Kier molecular flexibility index (Phi) is 10.8. The van der Waals surface area contributed by atoms with Crippen LogP contribution in [-0.4, -0.2) is 43.8 Å². The van der Waals surface area contributed by atoms with E-state index in [4.69, 9.17) is 11.6 Å². The molecular formula is C37H40ClN3O4S. The van der Waals surface area contributed by atoms with Crippen molar-refractivity contribution >= 4 is 39.1 Å². The third kappa shape index (κ3) is 8.36. The first-order valence-electron chi connectivity index (χ1n) is 15.6. The molecule has 7 nitrogen and oxygen atoms in total. The van der Waals surface area contributed by atoms with Crippen molar-refractivity contribution in [2.24, 2.45) is 0 Å². The standard InChI is InChI=1S/C37H40ClN3O4S/c1-27-12-16-30(17-13-27)25-40(35(24-29-8-4-3-5-9-29)37(43)39-32-10-6-7-11-32)36(42)26-41(33-20-14-28(2)15-21-33)46(44,45)34-22-18-31(38)19-23-34/h3-5,8-9,12-23,32,35H,6-7,10-11,24-26H2,1-2H3,(H,39,43)/t35-/m0/s1. The fraction of sp³-hybridized carbons (Fsp3) is 0.297. The van der Waals surface area contributed by atoms with Gasteiger partial charge in [0, 0.05) is 24.0 Å². The highest BCUT2D eigenvalue weighted by Gasteiger charge is 2.35. The van der Waals surface area contributed by atoms with E-state index >= 15 is 0 Å². The Morgan fingerprint density at radius 1 is 0.804 bits per heavy atom. The average molecular weight is 658 g/mol. The number of carbonyl (C=O) groups is 2. The van der Waals surface area contributed by atoms with E-state index in [2.05, 4.69) is 5.32 Å². The number of nitrogens with one attached hydrogen (secondary N) is 1. The second-order valence-electron chi connectivity index (χ2n) is 12.0. The number of aryl methyl sites for hydroxylation is 2. The van der Waals surface area contributed by atoms with Gasteiger partial charge in [-0.1, -0.05) is 102 Å². The fourth-order valence-corrected chi connectivity index (χ4v) is 7.33. The van der Waals surface area contributed by atoms with Crippen molar-refractivity contribution in [2.75, 3.05) is 10.8 Å². The van der Waals surface area contributed by atoms with Crippen molar-refractivity contribution < 1.29 is 18.0 Å². The Balaban J connectivity index is 1.55. The minimum atomic E-state index is -4.19. The summed E-state index contributed by atoms with van der Waals surface area (Å²) in [5, 5.41) is 3.61. The first kappa shape index (κ1) is 33.2. The predicted octanol–water partition coefficient (Wildman–Crippen LogP) is 6.85. The van der Waals surface area contributed by atoms with Gasteiger partial charge >= 0.3 is 0 Å². The lowest BCUT2D eigenvalue weighted by molar-refractivity contribution is -0.140. The highest BCUT2D eigenvalue weighted by molar-refractivity contribution is 7.92. The molecule has 4 aromatic carbocycles. The van der Waals surface area contributed by atoms with Crippen LogP contribution >= 0.6 is 11.6 Å². The van der Waals surface area contributed by atoms with E-state index in [1.807, 2.05) is 80.6 Å². The van der Waals surface area contributed by atoms with Crippen molar-refractivity contribution in [3.05, 3.63) is 130 Å². The molecule has 240 valence electrons. The summed E-state index contributed by atoms with van der Waals surface area (Å²) in [4.78, 5) is 30.2. The molecule has 1 saturated carbocycles. The third-order valence-electron chi connectivity index (χ3n) is 8.45. The first-order valence-corrected chi connectivity index (χ1v) is 17.5. The van der Waals surface area contributed by atoms with Gasteiger partial charge in [-0.25, -0.2) is 8.42 Å². The van der Waals surface area contributed by atoms with E-state index in [1.165, 1.54) is 24.3 Å². The second kappa shape index (κ2) is 15.0. The van der Waals surface area contributed by atoms with Gasteiger partial charge in [0.1, 0.15) is 12.6 Å². The van der Waals surface area contributed by atoms with Crippen molar-refractivity contribution in [3.63, 3.8) is 0 Å². The molecule has 0 aliphatic heterocycles. The lowest BCUT2D eigenvalue weighted by Crippen LogP contribution is -2.54. The molecule has 0 bridgehead atoms. The number of benzene rings is 4. The van der Waals surface area contributed by atoms with Gasteiger partial charge in [-0.15, -0.1) is 0 Å². The molecule has 1 fully saturated rings. The van der Waals surface area contributed by atoms with Crippen LogP contribution in [0.25, 0.3) is 0 Å². The summed E-state index contributed by atoms with van der Waals surface area (Å²) in [6.45, 7) is 3.54. The maximum atomic E-state index is 14.6. The van der Waals surface area contributed by atoms with Gasteiger partial charge in [0.05, 0.1) is 10.6 Å². The zero-order valence-electron chi connectivity index (χ0n) is 26.2. The number of rotatable bonds is 12. The van der Waals surface area contributed by atoms with Crippen LogP contribution in [0.3, 0.4) is 0 Å². The van der Waals surface area contributed by atoms with E-state index in [-0.39, 0.29) is 29.8 Å². The Hall–Kier alpha value is -4.14. The smallest absolute Gasteiger partial charge is 0.264 e. The Labute approximate surface area is 277 Å². The molecule has 0 spiro atoms. The largest absolute Gasteiger partial charge is 0.352 e. The van der Waals surface area contributed by atoms with Crippen LogP contribution in [0, 0.1) is 13.8 Å². The van der Waals surface area contributed by atoms with Gasteiger partial charge in [0.2, 0.25) is 11.8 Å². The predicted molar refractivity (Wildman–Crippen MR) is 183 cm³/mol. The number of sulfonamides is 1. The minimum Gasteiger partial charge on any atom is -0.352 e. The first-order chi connectivity index (χ1) is 22.1. The molecule has 9 heteroatoms. The highest BCUT2D eigenvalue weighted by Crippen LogP contribution is 2.27. The molecule has 1 aliphatic carbocycles. The normalized spacial score (nSPS) is 14.1. The lowest BCUT2D eigenvalue weighted by Gasteiger charge is -2.34. The number of hydrogen-bond acceptors (Lipinski definition) is 4. The average Bonchev–Trinajstić information content (AvgIpc) is 3.56. The summed E-state index contributed by atoms with van der Waals surface area (Å²) in [5.74, 6) is -0.722. The summed E-state index contributed by atoms with van der Waals surface area (Å²) >= 11 is 6.07. The Bertz CT molecular complexity index is 1720. The number of anilines is 1. The molecule has 2 amide bonds. The molecule has 0 saturated heterocycles. The molecule has 46 heavy (non-hydrogen) atoms. The van der Waals surface area contributed by atoms with E-state index < -0.39 is 28.5 Å². The van der Waals surface area contributed by atoms with Crippen LogP contribution in [0.2, 0.25) is 5.02 Å². The number of hydrogen-bond donors (Lipinski definition) is 1. The zero-order valence-corrected chi connectivity index (χ0v) is 27.8. The number of nitrogens with zero attached hydrogens (tertiary/aromatic N) is 2. The van der Waals surface area contributed by atoms with E-state index in [9.17, 15) is 18.0 Å². The quantitative estimate of drug-likeness (QED) is 0.181. The molecular weight excluding hydrogens is 618 g/mol. The van der Waals surface area contributed by atoms with E-state index in [0.717, 1.165) is 52.2 Å². The van der Waals surface area contributed by atoms with Crippen LogP contribution < -0.4 is 9.62 Å². The molecule has 0 heterocycles. The number of amides is 2. The SMILES string of the molecule is Cc1ccc(CN(C(=O)CN(c2ccc(C)cc2)S(=O)(=O)c2ccc(Cl)cc2)[C@@H](Cc2ccccc2)C(=O)NC2CCCC2)cc1. The Morgan fingerprint density at radius 2 is 1.39 bits per heavy atom. The summed E-state index contributed by atoms with van der Waals surface area (Å²) in [7, 11) is -4.19. The molecule has 1 N–H and O–H groups in total. The second-order valence-corrected chi connectivity index (χ2v) is 14.3. The summed E-state index contributed by atoms with van der Waals surface area (Å²) in [6.07, 6.45) is 4.18. The van der Waals surface area contributed by atoms with Gasteiger partial charge < -0.3 is 10.2 Å². The molecule has 1 atom stereocenters. The van der Waals surface area contributed by atoms with Crippen LogP contribution in [0.4, 0.5) is 5.69 Å². The van der Waals surface area contributed by atoms with Crippen LogP contribution in [0.1, 0.15) is 47.9 Å². The fourth-order valence-electron chi connectivity index (χ4n) is 5.79. The maximum Gasteiger partial charge on any atom is 0.264 e. The minimum absolute atomic E-state index is 0.00942. The van der Waals surface area contributed by atoms with Gasteiger partial charge in [0.25, 0.3) is 10.0 Å². The molecule has 4 aromatic rings. The monoisotopic (exact) mass is 657 g/mol. The van der Waals surface area contributed by atoms with Crippen LogP contribution in [-0.2, 0) is 32.6 Å². The van der Waals surface area contributed by atoms with E-state index in [1.54, 1.807) is 17.0 Å². The summed E-state index contributed by atoms with van der Waals surface area (Å²) < 4.78 is 29.4. The number of carbonyl (C=O) groups excluding carboxylic acids is 2. The summed E-state index contributed by atoms with van der Waals surface area (Å²) in [5.41, 5.74) is 4.11. The number of halogens is 1. The van der Waals surface area contributed by atoms with Crippen molar-refractivity contribution in [2.45, 2.75) is 69.5 Å². The summed E-state index contributed by atoms with van der Waals surface area (Å²) in [6, 6.07) is 29.5. The maximum absolute atomic E-state index is 14.6. The molecule has 0 aromatic heterocycles. The van der Waals surface area contributed by atoms with Crippen LogP contribution in [0.15, 0.2) is 108 Å². The topological polar surface area (TPSA) is 86.8 Å². The van der Waals surface area contributed by atoms with Crippen molar-refractivity contribution in [1.82, 2.24) is 10.2 Å². The zero-order chi connectivity index (χ0) is 32.7. The van der Waals surface area contributed by atoms with Crippen molar-refractivity contribution in [3.8, 4) is 0 Å². The highest BCUT2D eigenvalue weighted by atomic mass is 35.5. The third-order valence-corrected chi connectivity index (χ3v) is 10.5. The molecule has 1 aliphatic rings. The van der Waals surface area contributed by atoms with Crippen LogP contribution in [0.5, 0.6) is 0 Å². The van der Waals surface area contributed by atoms with Gasteiger partial charge in [-0.05, 0) is 74.2 Å². The van der Waals surface area contributed by atoms with E-state index in [0.29, 0.717) is 10.7 Å². The van der Waals surface area contributed by atoms with Gasteiger partial charge in [-0.3, -0.25) is 13.9 Å². The lowest BCUT2D eigenvalue weighted by atomic mass is 10.0. The molecule has 0 unspecified atom stereocenters. The molecule has 5 rings (SSSR count). The Morgan fingerprint density at radius 3 is 2.00 bits per heavy atom. The van der Waals surface area contributed by atoms with Gasteiger partial charge in [-0.2, -0.15) is 0 Å². The van der Waals surface area contributed by atoms with Crippen molar-refractivity contribution in [1.29, 1.82) is 0 Å².